The van der Waals surface area contributed by atoms with Gasteiger partial charge in [-0.2, -0.15) is 0 Å². The average Bonchev–Trinajstić information content (AvgIpc) is 2.45. The highest BCUT2D eigenvalue weighted by Gasteiger charge is 2.23. The van der Waals surface area contributed by atoms with Crippen LogP contribution in [0.1, 0.15) is 34.1 Å². The minimum Gasteiger partial charge on any atom is -0.382 e. The van der Waals surface area contributed by atoms with Crippen molar-refractivity contribution >= 4 is 5.96 Å². The van der Waals surface area contributed by atoms with Crippen LogP contribution < -0.4 is 10.6 Å². The Labute approximate surface area is 136 Å². The van der Waals surface area contributed by atoms with Crippen molar-refractivity contribution in [2.75, 3.05) is 53.7 Å². The topological polar surface area (TPSA) is 64.1 Å². The molecule has 6 heteroatoms. The normalized spacial score (nSPS) is 14.0. The summed E-state index contributed by atoms with van der Waals surface area (Å²) in [5.41, 5.74) is 0.0742. The maximum atomic E-state index is 5.53. The number of guanidine groups is 1. The van der Waals surface area contributed by atoms with Crippen LogP contribution in [0.2, 0.25) is 0 Å². The van der Waals surface area contributed by atoms with E-state index >= 15 is 0 Å². The minimum atomic E-state index is 0.0742. The highest BCUT2D eigenvalue weighted by molar-refractivity contribution is 5.79. The van der Waals surface area contributed by atoms with Gasteiger partial charge in [-0.05, 0) is 18.8 Å². The number of methoxy groups -OCH3 is 2. The molecule has 0 spiro atoms. The summed E-state index contributed by atoms with van der Waals surface area (Å²) in [7, 11) is 3.41. The lowest BCUT2D eigenvalue weighted by atomic mass is 9.89. The van der Waals surface area contributed by atoms with Crippen molar-refractivity contribution < 1.29 is 14.2 Å². The molecule has 0 saturated carbocycles. The molecule has 0 radical (unpaired) electrons. The van der Waals surface area contributed by atoms with Crippen molar-refractivity contribution in [2.24, 2.45) is 10.4 Å². The Morgan fingerprint density at radius 2 is 1.82 bits per heavy atom. The molecule has 0 rings (SSSR count). The minimum absolute atomic E-state index is 0.0742. The zero-order chi connectivity index (χ0) is 16.8. The zero-order valence-electron chi connectivity index (χ0n) is 15.2. The molecule has 0 aliphatic rings. The fraction of sp³-hybridized carbons (Fsp3) is 0.938. The van der Waals surface area contributed by atoms with Crippen LogP contribution in [-0.2, 0) is 14.2 Å². The van der Waals surface area contributed by atoms with E-state index in [4.69, 9.17) is 14.2 Å². The van der Waals surface area contributed by atoms with Crippen LogP contribution in [0.5, 0.6) is 0 Å². The molecule has 0 amide bonds. The summed E-state index contributed by atoms with van der Waals surface area (Å²) in [6, 6.07) is 0. The van der Waals surface area contributed by atoms with E-state index in [9.17, 15) is 0 Å². The largest absolute Gasteiger partial charge is 0.382 e. The molecule has 0 fully saturated rings. The molecule has 22 heavy (non-hydrogen) atoms. The Morgan fingerprint density at radius 3 is 2.36 bits per heavy atom. The summed E-state index contributed by atoms with van der Waals surface area (Å²) < 4.78 is 15.9. The van der Waals surface area contributed by atoms with Crippen molar-refractivity contribution in [3.63, 3.8) is 0 Å². The van der Waals surface area contributed by atoms with E-state index in [1.165, 1.54) is 0 Å². The second-order valence-electron chi connectivity index (χ2n) is 6.20. The van der Waals surface area contributed by atoms with Gasteiger partial charge in [0.15, 0.2) is 5.96 Å². The van der Waals surface area contributed by atoms with Crippen LogP contribution >= 0.6 is 0 Å². The lowest BCUT2D eigenvalue weighted by Gasteiger charge is -2.28. The number of rotatable bonds is 11. The van der Waals surface area contributed by atoms with Crippen molar-refractivity contribution in [1.29, 1.82) is 0 Å². The van der Waals surface area contributed by atoms with E-state index in [0.29, 0.717) is 19.8 Å². The summed E-state index contributed by atoms with van der Waals surface area (Å²) in [5.74, 6) is 0.825. The molecule has 1 atom stereocenters. The summed E-state index contributed by atoms with van der Waals surface area (Å²) in [5, 5.41) is 6.56. The zero-order valence-corrected chi connectivity index (χ0v) is 15.2. The second-order valence-corrected chi connectivity index (χ2v) is 6.20. The van der Waals surface area contributed by atoms with E-state index < -0.39 is 0 Å². The highest BCUT2D eigenvalue weighted by atomic mass is 16.5. The van der Waals surface area contributed by atoms with Gasteiger partial charge in [-0.25, -0.2) is 0 Å². The van der Waals surface area contributed by atoms with Gasteiger partial charge in [0.1, 0.15) is 0 Å². The van der Waals surface area contributed by atoms with E-state index in [0.717, 1.165) is 32.1 Å². The number of hydrogen-bond acceptors (Lipinski definition) is 4. The first-order valence-electron chi connectivity index (χ1n) is 8.07. The van der Waals surface area contributed by atoms with Gasteiger partial charge >= 0.3 is 0 Å². The Hall–Kier alpha value is -0.850. The van der Waals surface area contributed by atoms with Crippen LogP contribution in [0.4, 0.5) is 0 Å². The Kier molecular flexibility index (Phi) is 12.2. The van der Waals surface area contributed by atoms with Crippen molar-refractivity contribution in [1.82, 2.24) is 10.6 Å². The first-order valence-corrected chi connectivity index (χ1v) is 8.07. The van der Waals surface area contributed by atoms with Crippen molar-refractivity contribution in [2.45, 2.75) is 40.2 Å². The van der Waals surface area contributed by atoms with Gasteiger partial charge in [0.2, 0.25) is 0 Å². The lowest BCUT2D eigenvalue weighted by Crippen LogP contribution is -2.40. The Bertz CT molecular complexity index is 291. The first kappa shape index (κ1) is 21.1. The standard InChI is InChI=1S/C16H35N3O3/c1-7-17-15(18-9-8-10-22-12-11-20-5)19-13-14(21-6)16(2,3)4/h14H,7-13H2,1-6H3,(H2,17,18,19). The number of nitrogens with one attached hydrogen (secondary N) is 2. The molecule has 0 aliphatic heterocycles. The van der Waals surface area contributed by atoms with Crippen molar-refractivity contribution in [3.05, 3.63) is 0 Å². The third-order valence-corrected chi connectivity index (χ3v) is 3.20. The van der Waals surface area contributed by atoms with Crippen molar-refractivity contribution in [3.8, 4) is 0 Å². The van der Waals surface area contributed by atoms with Gasteiger partial charge in [-0.1, -0.05) is 20.8 Å². The van der Waals surface area contributed by atoms with Crippen LogP contribution in [0, 0.1) is 5.41 Å². The summed E-state index contributed by atoms with van der Waals surface area (Å²) in [6.45, 7) is 12.8. The molecule has 0 aromatic carbocycles. The smallest absolute Gasteiger partial charge is 0.191 e. The van der Waals surface area contributed by atoms with Crippen LogP contribution in [0.25, 0.3) is 0 Å². The number of hydrogen-bond donors (Lipinski definition) is 2. The van der Waals surface area contributed by atoms with E-state index in [-0.39, 0.29) is 11.5 Å². The first-order chi connectivity index (χ1) is 10.5. The molecular formula is C16H35N3O3. The van der Waals surface area contributed by atoms with E-state index in [2.05, 4.69) is 43.3 Å². The molecule has 0 heterocycles. The SMILES string of the molecule is CCNC(=NCC(OC)C(C)(C)C)NCCCOCCOC. The molecule has 0 saturated heterocycles. The average molecular weight is 317 g/mol. The van der Waals surface area contributed by atoms with E-state index in [1.807, 2.05) is 0 Å². The Morgan fingerprint density at radius 1 is 1.09 bits per heavy atom. The lowest BCUT2D eigenvalue weighted by molar-refractivity contribution is 0.0241. The molecule has 2 N–H and O–H groups in total. The molecule has 6 nitrogen and oxygen atoms in total. The second kappa shape index (κ2) is 12.7. The van der Waals surface area contributed by atoms with Crippen LogP contribution in [0.3, 0.4) is 0 Å². The summed E-state index contributed by atoms with van der Waals surface area (Å²) in [6.07, 6.45) is 1.03. The number of ether oxygens (including phenoxy) is 3. The third-order valence-electron chi connectivity index (χ3n) is 3.20. The summed E-state index contributed by atoms with van der Waals surface area (Å²) in [4.78, 5) is 4.61. The molecule has 0 aromatic heterocycles. The monoisotopic (exact) mass is 317 g/mol. The Balaban J connectivity index is 4.10. The summed E-state index contributed by atoms with van der Waals surface area (Å²) >= 11 is 0. The predicted octanol–water partition coefficient (Wildman–Crippen LogP) is 1.66. The molecule has 0 aliphatic carbocycles. The maximum Gasteiger partial charge on any atom is 0.191 e. The van der Waals surface area contributed by atoms with Crippen LogP contribution in [-0.4, -0.2) is 65.7 Å². The van der Waals surface area contributed by atoms with Gasteiger partial charge in [0.25, 0.3) is 0 Å². The van der Waals surface area contributed by atoms with Crippen LogP contribution in [0.15, 0.2) is 4.99 Å². The van der Waals surface area contributed by atoms with Gasteiger partial charge in [0.05, 0.1) is 25.9 Å². The molecule has 0 bridgehead atoms. The quantitative estimate of drug-likeness (QED) is 0.345. The molecule has 132 valence electrons. The molecular weight excluding hydrogens is 282 g/mol. The molecule has 1 unspecified atom stereocenters. The number of aliphatic imine (C=N–C) groups is 1. The van der Waals surface area contributed by atoms with Gasteiger partial charge in [-0.15, -0.1) is 0 Å². The van der Waals surface area contributed by atoms with E-state index in [1.54, 1.807) is 14.2 Å². The number of nitrogens with zero attached hydrogens (tertiary/aromatic N) is 1. The van der Waals surface area contributed by atoms with Gasteiger partial charge < -0.3 is 24.8 Å². The third kappa shape index (κ3) is 10.8. The predicted molar refractivity (Wildman–Crippen MR) is 91.5 cm³/mol. The van der Waals surface area contributed by atoms with Gasteiger partial charge in [0, 0.05) is 33.9 Å². The molecule has 0 aromatic rings. The maximum absolute atomic E-state index is 5.53. The fourth-order valence-corrected chi connectivity index (χ4v) is 1.84. The highest BCUT2D eigenvalue weighted by Crippen LogP contribution is 2.21. The fourth-order valence-electron chi connectivity index (χ4n) is 1.84. The van der Waals surface area contributed by atoms with Gasteiger partial charge in [-0.3, -0.25) is 4.99 Å².